The SMILES string of the molecule is O=S(=O)(O)O.[O]=[Cr](=[O])([O-])[O-].[O]=[Cr](=[O])([OH])[OH].[Pb+2]. The third-order valence-electron chi connectivity index (χ3n) is 0. The van der Waals surface area contributed by atoms with Crippen LogP contribution < -0.4 is 8.32 Å². The molecule has 0 aliphatic rings. The molecule has 0 aromatic rings. The second-order valence-corrected chi connectivity index (χ2v) is 4.87. The third kappa shape index (κ3) is 3580. The smallest absolute Gasteiger partial charge is 2.00 e. The largest absolute Gasteiger partial charge is 2.00 e. The minimum Gasteiger partial charge on any atom is 2.00 e. The Morgan fingerprint density at radius 3 is 0.875 bits per heavy atom. The van der Waals surface area contributed by atoms with Crippen molar-refractivity contribution in [1.82, 2.24) is 0 Å². The Morgan fingerprint density at radius 1 is 0.875 bits per heavy atom. The molecule has 16 heteroatoms. The molecule has 0 heterocycles. The molecule has 0 spiro atoms. The summed E-state index contributed by atoms with van der Waals surface area (Å²) >= 11 is -11.0. The first-order valence-electron chi connectivity index (χ1n) is 2.06. The summed E-state index contributed by atoms with van der Waals surface area (Å²) < 4.78 is 97.8. The van der Waals surface area contributed by atoms with Crippen molar-refractivity contribution < 1.29 is 76.6 Å². The van der Waals surface area contributed by atoms with Gasteiger partial charge in [0.15, 0.2) is 0 Å². The maximum absolute atomic E-state index is 8.82. The van der Waals surface area contributed by atoms with E-state index in [0.29, 0.717) is 0 Å². The maximum Gasteiger partial charge on any atom is 2.00 e. The summed E-state index contributed by atoms with van der Waals surface area (Å²) in [4.78, 5) is 0. The van der Waals surface area contributed by atoms with Gasteiger partial charge in [-0.1, -0.05) is 0 Å². The first-order valence-corrected chi connectivity index (χ1v) is 7.72. The van der Waals surface area contributed by atoms with Crippen LogP contribution in [0.3, 0.4) is 0 Å². The van der Waals surface area contributed by atoms with Gasteiger partial charge in [-0.15, -0.1) is 0 Å². The average Bonchev–Trinajstić information content (AvgIpc) is 1.41. The van der Waals surface area contributed by atoms with Crippen molar-refractivity contribution in [3.63, 3.8) is 0 Å². The Labute approximate surface area is 113 Å². The minimum atomic E-state index is -5.75. The predicted octanol–water partition coefficient (Wildman–Crippen LogP) is -5.01. The molecule has 16 heavy (non-hydrogen) atoms. The molecule has 4 N–H and O–H groups in total. The molecule has 0 aliphatic heterocycles. The molecule has 2 radical (unpaired) electrons. The van der Waals surface area contributed by atoms with E-state index >= 15 is 0 Å². The average molecular weight is 539 g/mol. The van der Waals surface area contributed by atoms with Gasteiger partial charge >= 0.3 is 96.8 Å². The van der Waals surface area contributed by atoms with Crippen molar-refractivity contribution in [1.29, 1.82) is 0 Å². The van der Waals surface area contributed by atoms with Gasteiger partial charge in [-0.05, 0) is 0 Å². The molecule has 0 rings (SSSR count). The molecule has 0 unspecified atom stereocenters. The van der Waals surface area contributed by atoms with Crippen LogP contribution in [-0.4, -0.2) is 53.1 Å². The number of hydrogen-bond donors (Lipinski definition) is 4. The van der Waals surface area contributed by atoms with Crippen molar-refractivity contribution >= 4 is 37.7 Å². The predicted molar refractivity (Wildman–Crippen MR) is 27.1 cm³/mol. The zero-order chi connectivity index (χ0) is 13.5. The molecule has 0 atom stereocenters. The van der Waals surface area contributed by atoms with Crippen LogP contribution in [0, 0.1) is 0 Å². The van der Waals surface area contributed by atoms with Gasteiger partial charge in [0.1, 0.15) is 0 Å². The second-order valence-electron chi connectivity index (χ2n) is 1.30. The van der Waals surface area contributed by atoms with Gasteiger partial charge in [0.05, 0.1) is 0 Å². The first kappa shape index (κ1) is 25.7. The number of rotatable bonds is 0. The van der Waals surface area contributed by atoms with E-state index in [9.17, 15) is 0 Å². The molecule has 0 saturated heterocycles. The van der Waals surface area contributed by atoms with Gasteiger partial charge in [0, 0.05) is 0 Å². The molecule has 0 aromatic carbocycles. The summed E-state index contributed by atoms with van der Waals surface area (Å²) in [6.07, 6.45) is 0. The van der Waals surface area contributed by atoms with Crippen LogP contribution in [0.5, 0.6) is 0 Å². The van der Waals surface area contributed by atoms with Crippen molar-refractivity contribution in [2.24, 2.45) is 0 Å². The molecular weight excluding hydrogens is 535 g/mol. The van der Waals surface area contributed by atoms with E-state index in [1.54, 1.807) is 0 Å². The van der Waals surface area contributed by atoms with Gasteiger partial charge < -0.3 is 0 Å². The summed E-state index contributed by atoms with van der Waals surface area (Å²) in [5, 5.41) is 0. The Morgan fingerprint density at radius 2 is 0.875 bits per heavy atom. The topological polar surface area (TPSA) is 229 Å². The molecule has 0 amide bonds. The van der Waals surface area contributed by atoms with E-state index in [2.05, 4.69) is 0 Å². The molecule has 98 valence electrons. The number of hydrogen-bond acceptors (Lipinski definition) is 8. The van der Waals surface area contributed by atoms with E-state index in [4.69, 9.17) is 49.4 Å². The quantitative estimate of drug-likeness (QED) is 0.168. The summed E-state index contributed by atoms with van der Waals surface area (Å²) in [6.45, 7) is 0. The molecular formula is H4Cr2O12PbS. The maximum atomic E-state index is 8.82. The first-order chi connectivity index (χ1) is 6.00. The van der Waals surface area contributed by atoms with Crippen LogP contribution in [-0.2, 0) is 52.8 Å². The Bertz CT molecular complexity index is 340. The Hall–Kier alpha value is 0.897. The molecule has 0 bridgehead atoms. The minimum absolute atomic E-state index is 0. The normalized spacial score (nSPS) is 10.9. The molecule has 0 fully saturated rings. The molecule has 0 saturated carbocycles. The van der Waals surface area contributed by atoms with Gasteiger partial charge in [-0.3, -0.25) is 9.11 Å². The fraction of sp³-hybridized carbons (Fsp3) is 0. The van der Waals surface area contributed by atoms with Gasteiger partial charge in [-0.25, -0.2) is 0 Å². The van der Waals surface area contributed by atoms with Gasteiger partial charge in [0.2, 0.25) is 0 Å². The van der Waals surface area contributed by atoms with Gasteiger partial charge in [-0.2, -0.15) is 8.42 Å². The fourth-order valence-electron chi connectivity index (χ4n) is 0. The summed E-state index contributed by atoms with van der Waals surface area (Å²) in [7, 11) is -4.67. The summed E-state index contributed by atoms with van der Waals surface area (Å²) in [6, 6.07) is 0. The Kier molecular flexibility index (Phi) is 15.9. The monoisotopic (exact) mass is 540 g/mol. The van der Waals surface area contributed by atoms with Crippen molar-refractivity contribution in [3.8, 4) is 0 Å². The summed E-state index contributed by atoms with van der Waals surface area (Å²) in [5.41, 5.74) is 0. The molecule has 0 aromatic heterocycles. The van der Waals surface area contributed by atoms with Gasteiger partial charge in [0.25, 0.3) is 0 Å². The van der Waals surface area contributed by atoms with Crippen LogP contribution >= 0.6 is 0 Å². The Balaban J connectivity index is -0.0000000655. The van der Waals surface area contributed by atoms with Crippen LogP contribution in [0.4, 0.5) is 0 Å². The zero-order valence-electron chi connectivity index (χ0n) is 6.78. The van der Waals surface area contributed by atoms with Crippen LogP contribution in [0.25, 0.3) is 0 Å². The van der Waals surface area contributed by atoms with Crippen LogP contribution in [0.2, 0.25) is 0 Å². The van der Waals surface area contributed by atoms with E-state index in [0.717, 1.165) is 0 Å². The van der Waals surface area contributed by atoms with E-state index in [1.807, 2.05) is 0 Å². The fourth-order valence-corrected chi connectivity index (χ4v) is 0. The third-order valence-corrected chi connectivity index (χ3v) is 0. The van der Waals surface area contributed by atoms with E-state index in [-0.39, 0.29) is 27.3 Å². The van der Waals surface area contributed by atoms with E-state index < -0.39 is 37.6 Å². The molecule has 0 aliphatic carbocycles. The standard InChI is InChI=1S/2Cr.H2O4S.2H2O.6O.Pb/c;;1-5(2,3)4;;;;;;;;;/h;;(H2,1,2,3,4);2*1H2;;;;;;;/q;+2;;;;;;;;2*-1;+2/p-2. The van der Waals surface area contributed by atoms with Crippen molar-refractivity contribution in [2.45, 2.75) is 0 Å². The van der Waals surface area contributed by atoms with E-state index in [1.165, 1.54) is 0 Å². The second kappa shape index (κ2) is 9.88. The van der Waals surface area contributed by atoms with Crippen molar-refractivity contribution in [3.05, 3.63) is 0 Å². The zero-order valence-corrected chi connectivity index (χ0v) is 14.0. The van der Waals surface area contributed by atoms with Crippen LogP contribution in [0.1, 0.15) is 0 Å². The molecule has 12 nitrogen and oxygen atoms in total. The van der Waals surface area contributed by atoms with Crippen LogP contribution in [0.15, 0.2) is 0 Å². The summed E-state index contributed by atoms with van der Waals surface area (Å²) in [5.74, 6) is 0. The van der Waals surface area contributed by atoms with Crippen molar-refractivity contribution in [2.75, 3.05) is 0 Å².